The van der Waals surface area contributed by atoms with Crippen LogP contribution in [-0.4, -0.2) is 15.5 Å². The van der Waals surface area contributed by atoms with Gasteiger partial charge in [0.2, 0.25) is 0 Å². The van der Waals surface area contributed by atoms with Gasteiger partial charge in [0.25, 0.3) is 0 Å². The van der Waals surface area contributed by atoms with Crippen LogP contribution < -0.4 is 5.32 Å². The first-order valence-corrected chi connectivity index (χ1v) is 8.26. The SMILES string of the molecule is CC(C)(C)NCc1cnc(-c2ncc(Br)cc2Br)s1. The molecule has 0 amide bonds. The quantitative estimate of drug-likeness (QED) is 0.810. The van der Waals surface area contributed by atoms with E-state index in [1.807, 2.05) is 12.3 Å². The summed E-state index contributed by atoms with van der Waals surface area (Å²) in [6.07, 6.45) is 3.70. The summed E-state index contributed by atoms with van der Waals surface area (Å²) in [7, 11) is 0. The van der Waals surface area contributed by atoms with Crippen molar-refractivity contribution < 1.29 is 0 Å². The van der Waals surface area contributed by atoms with Crippen molar-refractivity contribution in [3.05, 3.63) is 32.3 Å². The summed E-state index contributed by atoms with van der Waals surface area (Å²) < 4.78 is 1.90. The van der Waals surface area contributed by atoms with Crippen molar-refractivity contribution in [1.29, 1.82) is 0 Å². The molecule has 0 saturated heterocycles. The highest BCUT2D eigenvalue weighted by Crippen LogP contribution is 2.31. The van der Waals surface area contributed by atoms with E-state index in [0.29, 0.717) is 0 Å². The zero-order valence-electron chi connectivity index (χ0n) is 11.0. The lowest BCUT2D eigenvalue weighted by Crippen LogP contribution is -2.34. The molecule has 2 rings (SSSR count). The van der Waals surface area contributed by atoms with E-state index in [4.69, 9.17) is 0 Å². The van der Waals surface area contributed by atoms with Crippen molar-refractivity contribution in [2.75, 3.05) is 0 Å². The minimum Gasteiger partial charge on any atom is -0.307 e. The molecule has 3 nitrogen and oxygen atoms in total. The van der Waals surface area contributed by atoms with Crippen molar-refractivity contribution in [3.63, 3.8) is 0 Å². The van der Waals surface area contributed by atoms with Crippen LogP contribution in [0.5, 0.6) is 0 Å². The van der Waals surface area contributed by atoms with Crippen LogP contribution in [-0.2, 0) is 6.54 Å². The smallest absolute Gasteiger partial charge is 0.143 e. The van der Waals surface area contributed by atoms with Crippen molar-refractivity contribution in [1.82, 2.24) is 15.3 Å². The maximum absolute atomic E-state index is 4.45. The molecule has 2 aromatic heterocycles. The third-order valence-electron chi connectivity index (χ3n) is 2.36. The van der Waals surface area contributed by atoms with Crippen LogP contribution in [0.3, 0.4) is 0 Å². The van der Waals surface area contributed by atoms with E-state index in [-0.39, 0.29) is 5.54 Å². The van der Waals surface area contributed by atoms with Gasteiger partial charge in [-0.1, -0.05) is 0 Å². The van der Waals surface area contributed by atoms with Gasteiger partial charge >= 0.3 is 0 Å². The average molecular weight is 405 g/mol. The van der Waals surface area contributed by atoms with Crippen LogP contribution in [0.2, 0.25) is 0 Å². The highest BCUT2D eigenvalue weighted by Gasteiger charge is 2.13. The summed E-state index contributed by atoms with van der Waals surface area (Å²) >= 11 is 8.59. The number of hydrogen-bond donors (Lipinski definition) is 1. The van der Waals surface area contributed by atoms with Crippen LogP contribution in [0.4, 0.5) is 0 Å². The molecule has 0 spiro atoms. The molecule has 0 atom stereocenters. The molecule has 0 bridgehead atoms. The molecule has 0 aliphatic heterocycles. The molecule has 0 unspecified atom stereocenters. The maximum Gasteiger partial charge on any atom is 0.143 e. The highest BCUT2D eigenvalue weighted by atomic mass is 79.9. The summed E-state index contributed by atoms with van der Waals surface area (Å²) in [6.45, 7) is 7.29. The largest absolute Gasteiger partial charge is 0.307 e. The van der Waals surface area contributed by atoms with Gasteiger partial charge in [0.15, 0.2) is 0 Å². The molecule has 102 valence electrons. The van der Waals surface area contributed by atoms with Crippen LogP contribution in [0, 0.1) is 0 Å². The molecule has 0 fully saturated rings. The molecule has 1 N–H and O–H groups in total. The molecular weight excluding hydrogens is 390 g/mol. The Morgan fingerprint density at radius 2 is 1.95 bits per heavy atom. The fraction of sp³-hybridized carbons (Fsp3) is 0.385. The van der Waals surface area contributed by atoms with Gasteiger partial charge in [-0.25, -0.2) is 4.98 Å². The van der Waals surface area contributed by atoms with Crippen molar-refractivity contribution in [2.24, 2.45) is 0 Å². The molecular formula is C13H15Br2N3S. The fourth-order valence-corrected chi connectivity index (χ4v) is 3.59. The zero-order valence-corrected chi connectivity index (χ0v) is 15.0. The monoisotopic (exact) mass is 403 g/mol. The van der Waals surface area contributed by atoms with E-state index in [9.17, 15) is 0 Å². The average Bonchev–Trinajstić information content (AvgIpc) is 2.74. The second kappa shape index (κ2) is 5.99. The number of thiazole rings is 1. The number of nitrogens with zero attached hydrogens (tertiary/aromatic N) is 2. The Hall–Kier alpha value is -0.300. The Morgan fingerprint density at radius 1 is 1.21 bits per heavy atom. The molecule has 0 aliphatic carbocycles. The van der Waals surface area contributed by atoms with E-state index in [0.717, 1.165) is 26.2 Å². The summed E-state index contributed by atoms with van der Waals surface area (Å²) in [5, 5.41) is 4.39. The predicted octanol–water partition coefficient (Wildman–Crippen LogP) is 4.62. The highest BCUT2D eigenvalue weighted by molar-refractivity contribution is 9.11. The summed E-state index contributed by atoms with van der Waals surface area (Å²) in [5.74, 6) is 0. The van der Waals surface area contributed by atoms with E-state index in [2.05, 4.69) is 67.9 Å². The lowest BCUT2D eigenvalue weighted by atomic mass is 10.1. The maximum atomic E-state index is 4.45. The molecule has 6 heteroatoms. The van der Waals surface area contributed by atoms with E-state index in [1.165, 1.54) is 4.88 Å². The first-order chi connectivity index (χ1) is 8.85. The van der Waals surface area contributed by atoms with Gasteiger partial charge < -0.3 is 5.32 Å². The lowest BCUT2D eigenvalue weighted by molar-refractivity contribution is 0.426. The predicted molar refractivity (Wildman–Crippen MR) is 87.3 cm³/mol. The van der Waals surface area contributed by atoms with Gasteiger partial charge in [-0.2, -0.15) is 0 Å². The molecule has 0 aromatic carbocycles. The number of rotatable bonds is 3. The van der Waals surface area contributed by atoms with Crippen molar-refractivity contribution in [2.45, 2.75) is 32.9 Å². The van der Waals surface area contributed by atoms with E-state index < -0.39 is 0 Å². The van der Waals surface area contributed by atoms with Gasteiger partial charge in [0, 0.05) is 38.3 Å². The zero-order chi connectivity index (χ0) is 14.0. The van der Waals surface area contributed by atoms with Gasteiger partial charge in [0.05, 0.1) is 0 Å². The summed E-state index contributed by atoms with van der Waals surface area (Å²) in [4.78, 5) is 10.1. The van der Waals surface area contributed by atoms with Gasteiger partial charge in [-0.05, 0) is 58.7 Å². The Kier molecular flexibility index (Phi) is 4.76. The minimum absolute atomic E-state index is 0.112. The number of halogens is 2. The van der Waals surface area contributed by atoms with Gasteiger partial charge in [0.1, 0.15) is 10.7 Å². The van der Waals surface area contributed by atoms with Crippen molar-refractivity contribution >= 4 is 43.2 Å². The lowest BCUT2D eigenvalue weighted by Gasteiger charge is -2.19. The summed E-state index contributed by atoms with van der Waals surface area (Å²) in [6, 6.07) is 1.98. The second-order valence-corrected chi connectivity index (χ2v) is 8.10. The third-order valence-corrected chi connectivity index (χ3v) is 4.40. The molecule has 0 aliphatic rings. The second-order valence-electron chi connectivity index (χ2n) is 5.22. The van der Waals surface area contributed by atoms with Crippen LogP contribution >= 0.6 is 43.2 Å². The standard InChI is InChI=1S/C13H15Br2N3S/c1-13(2,3)18-7-9-6-17-12(19-9)11-10(15)4-8(14)5-16-11/h4-6,18H,7H2,1-3H3. The van der Waals surface area contributed by atoms with Crippen molar-refractivity contribution in [3.8, 4) is 10.7 Å². The normalized spacial score (nSPS) is 11.8. The molecule has 0 saturated carbocycles. The first-order valence-electron chi connectivity index (χ1n) is 5.86. The minimum atomic E-state index is 0.112. The molecule has 0 radical (unpaired) electrons. The Labute approximate surface area is 134 Å². The van der Waals surface area contributed by atoms with Gasteiger partial charge in [-0.15, -0.1) is 11.3 Å². The van der Waals surface area contributed by atoms with Crippen LogP contribution in [0.15, 0.2) is 27.4 Å². The summed E-state index contributed by atoms with van der Waals surface area (Å²) in [5.41, 5.74) is 0.996. The fourth-order valence-electron chi connectivity index (χ4n) is 1.42. The van der Waals surface area contributed by atoms with Crippen LogP contribution in [0.25, 0.3) is 10.7 Å². The Morgan fingerprint density at radius 3 is 2.58 bits per heavy atom. The van der Waals surface area contributed by atoms with E-state index in [1.54, 1.807) is 17.5 Å². The van der Waals surface area contributed by atoms with Gasteiger partial charge in [-0.3, -0.25) is 4.98 Å². The molecule has 2 aromatic rings. The Balaban J connectivity index is 2.16. The first kappa shape index (κ1) is 15.1. The number of hydrogen-bond acceptors (Lipinski definition) is 4. The molecule has 2 heterocycles. The number of pyridine rings is 1. The van der Waals surface area contributed by atoms with Crippen LogP contribution in [0.1, 0.15) is 25.6 Å². The number of aromatic nitrogens is 2. The Bertz CT molecular complexity index is 576. The third kappa shape index (κ3) is 4.34. The topological polar surface area (TPSA) is 37.8 Å². The molecule has 19 heavy (non-hydrogen) atoms. The van der Waals surface area contributed by atoms with E-state index >= 15 is 0 Å². The number of nitrogens with one attached hydrogen (secondary N) is 1.